The number of benzene rings is 1. The predicted molar refractivity (Wildman–Crippen MR) is 148 cm³/mol. The zero-order valence-electron chi connectivity index (χ0n) is 23.7. The van der Waals surface area contributed by atoms with Crippen molar-refractivity contribution < 1.29 is 33.2 Å². The van der Waals surface area contributed by atoms with Gasteiger partial charge in [-0.25, -0.2) is 0 Å². The minimum absolute atomic E-state index is 0.0935. The standard InChI is InChI=1S/C18H32O4.C13H16O3/c1-3-18(14-22-15-18)13-21-10-9-20-12-17-7-5-16(6-8-17)11-19-4-2;1-4-14-10-5-7-11(8-6-10)16-12-13(2,3)9-15-12/h4,16-17H,2-3,5-15H2,1H3;4-8,12H,1,9H2,2-3H3. The Balaban J connectivity index is 0.000000221. The summed E-state index contributed by atoms with van der Waals surface area (Å²) < 4.78 is 38.3. The first-order chi connectivity index (χ1) is 18.4. The van der Waals surface area contributed by atoms with Gasteiger partial charge in [0, 0.05) is 12.0 Å². The van der Waals surface area contributed by atoms with E-state index in [2.05, 4.69) is 33.9 Å². The number of hydrogen-bond donors (Lipinski definition) is 0. The van der Waals surface area contributed by atoms with Gasteiger partial charge in [-0.1, -0.05) is 33.9 Å². The molecule has 3 fully saturated rings. The van der Waals surface area contributed by atoms with Crippen molar-refractivity contribution in [1.29, 1.82) is 0 Å². The van der Waals surface area contributed by atoms with E-state index < -0.39 is 0 Å². The summed E-state index contributed by atoms with van der Waals surface area (Å²) in [5, 5.41) is 0. The molecule has 0 bridgehead atoms. The van der Waals surface area contributed by atoms with Crippen LogP contribution in [0.4, 0.5) is 0 Å². The molecule has 214 valence electrons. The Bertz CT molecular complexity index is 805. The van der Waals surface area contributed by atoms with Gasteiger partial charge in [-0.2, -0.15) is 0 Å². The van der Waals surface area contributed by atoms with Crippen LogP contribution < -0.4 is 9.47 Å². The molecule has 2 saturated heterocycles. The van der Waals surface area contributed by atoms with E-state index >= 15 is 0 Å². The third-order valence-corrected chi connectivity index (χ3v) is 7.65. The van der Waals surface area contributed by atoms with Crippen molar-refractivity contribution in [2.75, 3.05) is 52.9 Å². The number of hydrogen-bond acceptors (Lipinski definition) is 7. The van der Waals surface area contributed by atoms with Crippen LogP contribution >= 0.6 is 0 Å². The Morgan fingerprint density at radius 2 is 1.50 bits per heavy atom. The van der Waals surface area contributed by atoms with E-state index in [1.807, 2.05) is 24.3 Å². The van der Waals surface area contributed by atoms with Crippen LogP contribution in [0.2, 0.25) is 0 Å². The summed E-state index contributed by atoms with van der Waals surface area (Å²) in [4.78, 5) is 0. The molecule has 2 aliphatic heterocycles. The largest absolute Gasteiger partial charge is 0.502 e. The highest BCUT2D eigenvalue weighted by Gasteiger charge is 2.42. The monoisotopic (exact) mass is 532 g/mol. The van der Waals surface area contributed by atoms with Crippen molar-refractivity contribution in [2.45, 2.75) is 59.2 Å². The van der Waals surface area contributed by atoms with Gasteiger partial charge in [-0.05, 0) is 68.2 Å². The van der Waals surface area contributed by atoms with E-state index in [-0.39, 0.29) is 17.1 Å². The van der Waals surface area contributed by atoms with E-state index in [9.17, 15) is 0 Å². The maximum atomic E-state index is 5.79. The lowest BCUT2D eigenvalue weighted by molar-refractivity contribution is -0.259. The summed E-state index contributed by atoms with van der Waals surface area (Å²) in [5.41, 5.74) is 0.377. The Kier molecular flexibility index (Phi) is 12.4. The van der Waals surface area contributed by atoms with Crippen molar-refractivity contribution in [2.24, 2.45) is 22.7 Å². The molecule has 3 aliphatic rings. The van der Waals surface area contributed by atoms with Gasteiger partial charge in [0.15, 0.2) is 0 Å². The van der Waals surface area contributed by atoms with Crippen molar-refractivity contribution in [3.8, 4) is 11.5 Å². The van der Waals surface area contributed by atoms with Crippen molar-refractivity contribution in [3.63, 3.8) is 0 Å². The highest BCUT2D eigenvalue weighted by Crippen LogP contribution is 2.35. The Morgan fingerprint density at radius 1 is 0.868 bits per heavy atom. The fourth-order valence-electron chi connectivity index (χ4n) is 4.70. The molecule has 1 saturated carbocycles. The second-order valence-corrected chi connectivity index (χ2v) is 11.4. The molecule has 0 radical (unpaired) electrons. The van der Waals surface area contributed by atoms with Crippen LogP contribution in [0.5, 0.6) is 11.5 Å². The fourth-order valence-corrected chi connectivity index (χ4v) is 4.70. The van der Waals surface area contributed by atoms with Gasteiger partial charge in [0.2, 0.25) is 6.29 Å². The van der Waals surface area contributed by atoms with Gasteiger partial charge in [-0.15, -0.1) is 0 Å². The van der Waals surface area contributed by atoms with Crippen molar-refractivity contribution in [3.05, 3.63) is 49.9 Å². The predicted octanol–water partition coefficient (Wildman–Crippen LogP) is 6.38. The van der Waals surface area contributed by atoms with E-state index in [1.54, 1.807) is 6.26 Å². The molecule has 0 aromatic heterocycles. The highest BCUT2D eigenvalue weighted by molar-refractivity contribution is 5.31. The first kappa shape index (κ1) is 30.5. The number of rotatable bonds is 15. The lowest BCUT2D eigenvalue weighted by Gasteiger charge is -2.43. The van der Waals surface area contributed by atoms with Crippen LogP contribution in [0.25, 0.3) is 0 Å². The van der Waals surface area contributed by atoms with E-state index in [4.69, 9.17) is 33.2 Å². The fraction of sp³-hybridized carbons (Fsp3) is 0.677. The maximum absolute atomic E-state index is 5.79. The van der Waals surface area contributed by atoms with E-state index in [0.29, 0.717) is 25.0 Å². The third kappa shape index (κ3) is 9.60. The van der Waals surface area contributed by atoms with E-state index in [0.717, 1.165) is 57.6 Å². The average Bonchev–Trinajstić information content (AvgIpc) is 2.91. The molecular formula is C31H48O7. The molecule has 0 amide bonds. The molecule has 4 rings (SSSR count). The average molecular weight is 533 g/mol. The van der Waals surface area contributed by atoms with Crippen molar-refractivity contribution >= 4 is 0 Å². The van der Waals surface area contributed by atoms with Crippen molar-refractivity contribution in [1.82, 2.24) is 0 Å². The van der Waals surface area contributed by atoms with Gasteiger partial charge in [0.05, 0.1) is 64.2 Å². The molecule has 1 unspecified atom stereocenters. The van der Waals surface area contributed by atoms with Gasteiger partial charge in [-0.3, -0.25) is 0 Å². The summed E-state index contributed by atoms with van der Waals surface area (Å²) in [5.74, 6) is 2.94. The second kappa shape index (κ2) is 15.5. The van der Waals surface area contributed by atoms with Gasteiger partial charge in [0.1, 0.15) is 11.5 Å². The molecule has 7 nitrogen and oxygen atoms in total. The summed E-state index contributed by atoms with van der Waals surface area (Å²) in [6.07, 6.45) is 8.92. The molecule has 2 heterocycles. The topological polar surface area (TPSA) is 64.6 Å². The quantitative estimate of drug-likeness (QED) is 0.192. The lowest BCUT2D eigenvalue weighted by atomic mass is 9.83. The van der Waals surface area contributed by atoms with Crippen LogP contribution in [0.1, 0.15) is 52.9 Å². The molecule has 1 atom stereocenters. The highest BCUT2D eigenvalue weighted by atomic mass is 16.7. The first-order valence-corrected chi connectivity index (χ1v) is 14.0. The molecule has 7 heteroatoms. The maximum Gasteiger partial charge on any atom is 0.207 e. The third-order valence-electron chi connectivity index (χ3n) is 7.65. The zero-order chi connectivity index (χ0) is 27.3. The van der Waals surface area contributed by atoms with Crippen LogP contribution in [0.3, 0.4) is 0 Å². The Labute approximate surface area is 229 Å². The lowest BCUT2D eigenvalue weighted by Crippen LogP contribution is -2.51. The van der Waals surface area contributed by atoms with Crippen LogP contribution in [0, 0.1) is 22.7 Å². The first-order valence-electron chi connectivity index (χ1n) is 14.0. The molecule has 0 spiro atoms. The van der Waals surface area contributed by atoms with E-state index in [1.165, 1.54) is 31.9 Å². The van der Waals surface area contributed by atoms with Crippen LogP contribution in [-0.2, 0) is 23.7 Å². The summed E-state index contributed by atoms with van der Waals surface area (Å²) >= 11 is 0. The van der Waals surface area contributed by atoms with Gasteiger partial charge >= 0.3 is 0 Å². The second-order valence-electron chi connectivity index (χ2n) is 11.4. The minimum Gasteiger partial charge on any atom is -0.502 e. The van der Waals surface area contributed by atoms with Crippen LogP contribution in [0.15, 0.2) is 49.9 Å². The Morgan fingerprint density at radius 3 is 2.00 bits per heavy atom. The zero-order valence-corrected chi connectivity index (χ0v) is 23.7. The molecule has 1 aromatic carbocycles. The SMILES string of the molecule is C=COCC1CCC(COCCOCC2(CC)COC2)CC1.C=COc1ccc(OC2OCC2(C)C)cc1. The van der Waals surface area contributed by atoms with Gasteiger partial charge < -0.3 is 33.2 Å². The molecular weight excluding hydrogens is 484 g/mol. The smallest absolute Gasteiger partial charge is 0.207 e. The Hall–Kier alpha value is -2.06. The number of ether oxygens (including phenoxy) is 7. The van der Waals surface area contributed by atoms with Crippen LogP contribution in [-0.4, -0.2) is 59.1 Å². The normalized spacial score (nSPS) is 25.0. The summed E-state index contributed by atoms with van der Waals surface area (Å²) in [6.45, 7) is 19.9. The molecule has 1 aromatic rings. The minimum atomic E-state index is -0.154. The molecule has 0 N–H and O–H groups in total. The van der Waals surface area contributed by atoms with Gasteiger partial charge in [0.25, 0.3) is 0 Å². The summed E-state index contributed by atoms with van der Waals surface area (Å²) in [6, 6.07) is 7.39. The molecule has 38 heavy (non-hydrogen) atoms. The summed E-state index contributed by atoms with van der Waals surface area (Å²) in [7, 11) is 0. The molecule has 1 aliphatic carbocycles.